The molecule has 0 atom stereocenters. The molecule has 0 saturated carbocycles. The molecular formula is C12H11BrN4S. The first-order valence-corrected chi connectivity index (χ1v) is 6.47. The zero-order chi connectivity index (χ0) is 13.0. The standard InChI is InChI=1S/C12H11BrN4S/c1-8-6-7-14-11(15-8)17-12(18)16-10-4-2-9(13)3-5-10/h2-7H,1H3,(H2,14,15,16,17,18). The van der Waals surface area contributed by atoms with Gasteiger partial charge in [-0.3, -0.25) is 0 Å². The van der Waals surface area contributed by atoms with E-state index in [1.807, 2.05) is 37.3 Å². The third-order valence-electron chi connectivity index (χ3n) is 2.12. The lowest BCUT2D eigenvalue weighted by atomic mass is 10.3. The second kappa shape index (κ2) is 5.88. The largest absolute Gasteiger partial charge is 0.332 e. The summed E-state index contributed by atoms with van der Waals surface area (Å²) in [5.74, 6) is 0.490. The summed E-state index contributed by atoms with van der Waals surface area (Å²) in [7, 11) is 0. The lowest BCUT2D eigenvalue weighted by molar-refractivity contribution is 1.11. The number of hydrogen-bond acceptors (Lipinski definition) is 3. The van der Waals surface area contributed by atoms with Gasteiger partial charge in [0.05, 0.1) is 0 Å². The number of thiocarbonyl (C=S) groups is 1. The number of benzene rings is 1. The van der Waals surface area contributed by atoms with E-state index in [-0.39, 0.29) is 0 Å². The molecule has 0 spiro atoms. The first-order chi connectivity index (χ1) is 8.63. The molecule has 0 unspecified atom stereocenters. The van der Waals surface area contributed by atoms with Gasteiger partial charge in [-0.05, 0) is 49.5 Å². The van der Waals surface area contributed by atoms with Crippen molar-refractivity contribution in [1.29, 1.82) is 0 Å². The van der Waals surface area contributed by atoms with Crippen LogP contribution in [0.25, 0.3) is 0 Å². The molecule has 6 heteroatoms. The Morgan fingerprint density at radius 3 is 2.56 bits per heavy atom. The van der Waals surface area contributed by atoms with E-state index in [1.54, 1.807) is 6.20 Å². The summed E-state index contributed by atoms with van der Waals surface area (Å²) in [6.07, 6.45) is 1.69. The monoisotopic (exact) mass is 322 g/mol. The van der Waals surface area contributed by atoms with Crippen molar-refractivity contribution in [2.24, 2.45) is 0 Å². The van der Waals surface area contributed by atoms with Crippen LogP contribution in [0.3, 0.4) is 0 Å². The van der Waals surface area contributed by atoms with E-state index in [2.05, 4.69) is 36.5 Å². The zero-order valence-corrected chi connectivity index (χ0v) is 12.0. The van der Waals surface area contributed by atoms with Crippen LogP contribution in [-0.2, 0) is 0 Å². The van der Waals surface area contributed by atoms with E-state index < -0.39 is 0 Å². The van der Waals surface area contributed by atoms with E-state index in [4.69, 9.17) is 12.2 Å². The number of nitrogens with zero attached hydrogens (tertiary/aromatic N) is 2. The van der Waals surface area contributed by atoms with Crippen molar-refractivity contribution in [3.63, 3.8) is 0 Å². The van der Waals surface area contributed by atoms with Crippen LogP contribution in [0.5, 0.6) is 0 Å². The van der Waals surface area contributed by atoms with Gasteiger partial charge in [0.15, 0.2) is 5.11 Å². The minimum atomic E-state index is 0.461. The van der Waals surface area contributed by atoms with Gasteiger partial charge in [0.1, 0.15) is 0 Å². The van der Waals surface area contributed by atoms with E-state index >= 15 is 0 Å². The summed E-state index contributed by atoms with van der Waals surface area (Å²) in [6, 6.07) is 9.56. The van der Waals surface area contributed by atoms with Crippen LogP contribution in [0.15, 0.2) is 41.0 Å². The van der Waals surface area contributed by atoms with Gasteiger partial charge < -0.3 is 10.6 Å². The number of hydrogen-bond donors (Lipinski definition) is 2. The molecule has 0 saturated heterocycles. The van der Waals surface area contributed by atoms with Crippen LogP contribution < -0.4 is 10.6 Å². The molecule has 2 N–H and O–H groups in total. The number of nitrogens with one attached hydrogen (secondary N) is 2. The van der Waals surface area contributed by atoms with Crippen molar-refractivity contribution in [3.8, 4) is 0 Å². The highest BCUT2D eigenvalue weighted by Crippen LogP contribution is 2.14. The lowest BCUT2D eigenvalue weighted by Crippen LogP contribution is -2.20. The summed E-state index contributed by atoms with van der Waals surface area (Å²) in [5, 5.41) is 6.45. The molecule has 0 fully saturated rings. The first kappa shape index (κ1) is 12.9. The maximum atomic E-state index is 5.18. The van der Waals surface area contributed by atoms with Gasteiger partial charge in [-0.25, -0.2) is 9.97 Å². The van der Waals surface area contributed by atoms with Gasteiger partial charge in [0.2, 0.25) is 5.95 Å². The Hall–Kier alpha value is -1.53. The Morgan fingerprint density at radius 2 is 1.89 bits per heavy atom. The molecular weight excluding hydrogens is 312 g/mol. The molecule has 1 heterocycles. The van der Waals surface area contributed by atoms with Crippen molar-refractivity contribution in [2.45, 2.75) is 6.92 Å². The second-order valence-electron chi connectivity index (χ2n) is 3.61. The highest BCUT2D eigenvalue weighted by molar-refractivity contribution is 9.10. The van der Waals surface area contributed by atoms with E-state index in [0.717, 1.165) is 15.9 Å². The third-order valence-corrected chi connectivity index (χ3v) is 2.86. The van der Waals surface area contributed by atoms with Crippen LogP contribution in [0, 0.1) is 6.92 Å². The number of aryl methyl sites for hydroxylation is 1. The molecule has 0 aliphatic heterocycles. The zero-order valence-electron chi connectivity index (χ0n) is 9.64. The maximum absolute atomic E-state index is 5.18. The molecule has 92 valence electrons. The molecule has 2 rings (SSSR count). The van der Waals surface area contributed by atoms with Gasteiger partial charge in [-0.15, -0.1) is 0 Å². The molecule has 0 amide bonds. The van der Waals surface area contributed by atoms with Crippen molar-refractivity contribution < 1.29 is 0 Å². The predicted octanol–water partition coefficient (Wildman–Crippen LogP) is 3.36. The smallest absolute Gasteiger partial charge is 0.229 e. The van der Waals surface area contributed by atoms with Crippen LogP contribution in [-0.4, -0.2) is 15.1 Å². The third kappa shape index (κ3) is 3.75. The SMILES string of the molecule is Cc1ccnc(NC(=S)Nc2ccc(Br)cc2)n1. The summed E-state index contributed by atoms with van der Waals surface area (Å²) in [5.41, 5.74) is 1.79. The molecule has 0 radical (unpaired) electrons. The molecule has 0 aliphatic carbocycles. The number of halogens is 1. The Labute approximate surface area is 119 Å². The van der Waals surface area contributed by atoms with Crippen molar-refractivity contribution in [3.05, 3.63) is 46.7 Å². The van der Waals surface area contributed by atoms with Crippen molar-refractivity contribution >= 4 is 44.9 Å². The fraction of sp³-hybridized carbons (Fsp3) is 0.0833. The van der Waals surface area contributed by atoms with Gasteiger partial charge in [0, 0.05) is 22.1 Å². The van der Waals surface area contributed by atoms with Crippen LogP contribution >= 0.6 is 28.1 Å². The summed E-state index contributed by atoms with van der Waals surface area (Å²) < 4.78 is 1.02. The average Bonchev–Trinajstić information content (AvgIpc) is 2.32. The number of aromatic nitrogens is 2. The summed E-state index contributed by atoms with van der Waals surface area (Å²) in [4.78, 5) is 8.29. The van der Waals surface area contributed by atoms with E-state index in [0.29, 0.717) is 11.1 Å². The Balaban J connectivity index is 1.98. The molecule has 4 nitrogen and oxygen atoms in total. The second-order valence-corrected chi connectivity index (χ2v) is 4.93. The summed E-state index contributed by atoms with van der Waals surface area (Å²) in [6.45, 7) is 1.90. The fourth-order valence-corrected chi connectivity index (χ4v) is 1.78. The fourth-order valence-electron chi connectivity index (χ4n) is 1.31. The quantitative estimate of drug-likeness (QED) is 0.830. The van der Waals surface area contributed by atoms with Gasteiger partial charge in [-0.1, -0.05) is 15.9 Å². The molecule has 18 heavy (non-hydrogen) atoms. The van der Waals surface area contributed by atoms with Crippen molar-refractivity contribution in [1.82, 2.24) is 9.97 Å². The Bertz CT molecular complexity index is 556. The normalized spacial score (nSPS) is 9.89. The number of rotatable bonds is 2. The molecule has 1 aromatic carbocycles. The summed E-state index contributed by atoms with van der Waals surface area (Å²) >= 11 is 8.56. The van der Waals surface area contributed by atoms with Gasteiger partial charge >= 0.3 is 0 Å². The van der Waals surface area contributed by atoms with Crippen LogP contribution in [0.1, 0.15) is 5.69 Å². The topological polar surface area (TPSA) is 49.8 Å². The molecule has 2 aromatic rings. The molecule has 0 bridgehead atoms. The van der Waals surface area contributed by atoms with Crippen molar-refractivity contribution in [2.75, 3.05) is 10.6 Å². The van der Waals surface area contributed by atoms with Crippen LogP contribution in [0.4, 0.5) is 11.6 Å². The predicted molar refractivity (Wildman–Crippen MR) is 80.8 cm³/mol. The highest BCUT2D eigenvalue weighted by Gasteiger charge is 2.01. The van der Waals surface area contributed by atoms with Gasteiger partial charge in [0.25, 0.3) is 0 Å². The lowest BCUT2D eigenvalue weighted by Gasteiger charge is -2.09. The maximum Gasteiger partial charge on any atom is 0.229 e. The minimum Gasteiger partial charge on any atom is -0.332 e. The van der Waals surface area contributed by atoms with Gasteiger partial charge in [-0.2, -0.15) is 0 Å². The Morgan fingerprint density at radius 1 is 1.17 bits per heavy atom. The first-order valence-electron chi connectivity index (χ1n) is 5.27. The Kier molecular flexibility index (Phi) is 4.22. The van der Waals surface area contributed by atoms with E-state index in [1.165, 1.54) is 0 Å². The minimum absolute atomic E-state index is 0.461. The molecule has 1 aromatic heterocycles. The molecule has 0 aliphatic rings. The number of anilines is 2. The van der Waals surface area contributed by atoms with E-state index in [9.17, 15) is 0 Å². The highest BCUT2D eigenvalue weighted by atomic mass is 79.9. The average molecular weight is 323 g/mol. The van der Waals surface area contributed by atoms with Crippen LogP contribution in [0.2, 0.25) is 0 Å².